The van der Waals surface area contributed by atoms with Crippen LogP contribution in [0.4, 0.5) is 0 Å². The fourth-order valence-corrected chi connectivity index (χ4v) is 3.64. The Morgan fingerprint density at radius 1 is 1.30 bits per heavy atom. The van der Waals surface area contributed by atoms with E-state index < -0.39 is 0 Å². The highest BCUT2D eigenvalue weighted by Gasteiger charge is 2.21. The Kier molecular flexibility index (Phi) is 12.0. The Morgan fingerprint density at radius 3 is 2.74 bits per heavy atom. The van der Waals surface area contributed by atoms with E-state index in [2.05, 4.69) is 59.4 Å². The Hall–Kier alpha value is -0.830. The zero-order chi connectivity index (χ0) is 18.8. The van der Waals surface area contributed by atoms with Gasteiger partial charge in [0.1, 0.15) is 6.54 Å². The molecule has 1 saturated heterocycles. The summed E-state index contributed by atoms with van der Waals surface area (Å²) in [6, 6.07) is 2.06. The van der Waals surface area contributed by atoms with E-state index in [4.69, 9.17) is 4.52 Å². The van der Waals surface area contributed by atoms with Crippen LogP contribution in [0.2, 0.25) is 0 Å². The van der Waals surface area contributed by atoms with Crippen LogP contribution in [0.25, 0.3) is 0 Å². The maximum atomic E-state index is 5.48. The van der Waals surface area contributed by atoms with E-state index in [9.17, 15) is 0 Å². The minimum atomic E-state index is 0. The first-order valence-corrected chi connectivity index (χ1v) is 10.4. The maximum absolute atomic E-state index is 5.48. The van der Waals surface area contributed by atoms with Crippen molar-refractivity contribution in [1.29, 1.82) is 0 Å². The number of nitrogens with one attached hydrogen (secondary N) is 2. The van der Waals surface area contributed by atoms with Crippen molar-refractivity contribution in [3.8, 4) is 0 Å². The number of aliphatic imine (C=N–C) groups is 1. The van der Waals surface area contributed by atoms with Crippen LogP contribution in [0, 0.1) is 5.92 Å². The van der Waals surface area contributed by atoms with E-state index in [1.807, 2.05) is 0 Å². The third-order valence-electron chi connectivity index (χ3n) is 5.19. The van der Waals surface area contributed by atoms with Gasteiger partial charge in [0.25, 0.3) is 0 Å². The molecule has 1 aromatic heterocycles. The molecule has 0 amide bonds. The predicted molar refractivity (Wildman–Crippen MR) is 123 cm³/mol. The van der Waals surface area contributed by atoms with Gasteiger partial charge in [-0.05, 0) is 51.6 Å². The molecule has 1 unspecified atom stereocenters. The molecule has 1 aromatic rings. The fraction of sp³-hybridized carbons (Fsp3) is 0.800. The second-order valence-electron chi connectivity index (χ2n) is 7.26. The van der Waals surface area contributed by atoms with Gasteiger partial charge in [-0.15, -0.1) is 24.0 Å². The summed E-state index contributed by atoms with van der Waals surface area (Å²) in [6.45, 7) is 14.7. The number of halogens is 1. The monoisotopic (exact) mass is 491 g/mol. The van der Waals surface area contributed by atoms with E-state index in [0.29, 0.717) is 18.4 Å². The van der Waals surface area contributed by atoms with Gasteiger partial charge in [-0.3, -0.25) is 0 Å². The fourth-order valence-electron chi connectivity index (χ4n) is 3.64. The Morgan fingerprint density at radius 2 is 2.07 bits per heavy atom. The summed E-state index contributed by atoms with van der Waals surface area (Å²) in [4.78, 5) is 7.23. The van der Waals surface area contributed by atoms with E-state index >= 15 is 0 Å². The molecule has 0 bridgehead atoms. The summed E-state index contributed by atoms with van der Waals surface area (Å²) in [5.74, 6) is 2.88. The van der Waals surface area contributed by atoms with Crippen LogP contribution in [-0.2, 0) is 6.54 Å². The summed E-state index contributed by atoms with van der Waals surface area (Å²) in [5.41, 5.74) is 1.06. The lowest BCUT2D eigenvalue weighted by Gasteiger charge is -2.16. The standard InChI is InChI=1S/C20H37N5O.HI/c1-5-10-25-11-9-16(15-25)13-22-20(21-8-4)23-14-18-12-19(24-26-18)17(6-2)7-3;/h12,16-17H,5-11,13-15H2,1-4H3,(H2,21,22,23);1H. The van der Waals surface area contributed by atoms with Crippen molar-refractivity contribution in [3.05, 3.63) is 17.5 Å². The van der Waals surface area contributed by atoms with Gasteiger partial charge in [0.05, 0.1) is 5.69 Å². The predicted octanol–water partition coefficient (Wildman–Crippen LogP) is 3.98. The molecular weight excluding hydrogens is 453 g/mol. The highest BCUT2D eigenvalue weighted by atomic mass is 127. The molecule has 1 fully saturated rings. The van der Waals surface area contributed by atoms with Crippen LogP contribution in [0.15, 0.2) is 15.6 Å². The molecule has 1 aliphatic rings. The summed E-state index contributed by atoms with van der Waals surface area (Å²) in [5, 5.41) is 11.1. The van der Waals surface area contributed by atoms with Gasteiger partial charge in [0.2, 0.25) is 0 Å². The molecule has 156 valence electrons. The van der Waals surface area contributed by atoms with Crippen molar-refractivity contribution < 1.29 is 4.52 Å². The van der Waals surface area contributed by atoms with Gasteiger partial charge < -0.3 is 20.1 Å². The maximum Gasteiger partial charge on any atom is 0.191 e. The molecule has 2 N–H and O–H groups in total. The summed E-state index contributed by atoms with van der Waals surface area (Å²) in [7, 11) is 0. The minimum Gasteiger partial charge on any atom is -0.359 e. The number of hydrogen-bond acceptors (Lipinski definition) is 4. The van der Waals surface area contributed by atoms with E-state index in [1.165, 1.54) is 32.5 Å². The quantitative estimate of drug-likeness (QED) is 0.295. The van der Waals surface area contributed by atoms with Crippen molar-refractivity contribution in [2.45, 2.75) is 65.8 Å². The minimum absolute atomic E-state index is 0. The second kappa shape index (κ2) is 13.4. The van der Waals surface area contributed by atoms with Crippen LogP contribution < -0.4 is 10.6 Å². The summed E-state index contributed by atoms with van der Waals surface area (Å²) in [6.07, 6.45) is 4.69. The summed E-state index contributed by atoms with van der Waals surface area (Å²) >= 11 is 0. The van der Waals surface area contributed by atoms with Gasteiger partial charge in [-0.2, -0.15) is 0 Å². The molecule has 1 aliphatic heterocycles. The molecular formula is C20H38IN5O. The lowest BCUT2D eigenvalue weighted by molar-refractivity contribution is 0.324. The van der Waals surface area contributed by atoms with Crippen molar-refractivity contribution in [2.24, 2.45) is 10.9 Å². The third-order valence-corrected chi connectivity index (χ3v) is 5.19. The molecule has 0 aliphatic carbocycles. The van der Waals surface area contributed by atoms with Crippen molar-refractivity contribution in [3.63, 3.8) is 0 Å². The lowest BCUT2D eigenvalue weighted by atomic mass is 9.99. The Bertz CT molecular complexity index is 544. The molecule has 0 aromatic carbocycles. The molecule has 7 heteroatoms. The number of likely N-dealkylation sites (tertiary alicyclic amines) is 1. The number of rotatable bonds is 10. The smallest absolute Gasteiger partial charge is 0.191 e. The van der Waals surface area contributed by atoms with Crippen molar-refractivity contribution in [1.82, 2.24) is 20.7 Å². The molecule has 0 spiro atoms. The molecule has 6 nitrogen and oxygen atoms in total. The molecule has 2 rings (SSSR count). The average molecular weight is 491 g/mol. The van der Waals surface area contributed by atoms with E-state index in [0.717, 1.165) is 43.3 Å². The molecule has 1 atom stereocenters. The highest BCUT2D eigenvalue weighted by Crippen LogP contribution is 2.22. The van der Waals surface area contributed by atoms with Crippen LogP contribution in [-0.4, -0.2) is 48.7 Å². The number of hydrogen-bond donors (Lipinski definition) is 2. The highest BCUT2D eigenvalue weighted by molar-refractivity contribution is 14.0. The first-order valence-electron chi connectivity index (χ1n) is 10.4. The lowest BCUT2D eigenvalue weighted by Crippen LogP contribution is -2.40. The van der Waals surface area contributed by atoms with Crippen LogP contribution in [0.5, 0.6) is 0 Å². The van der Waals surface area contributed by atoms with Crippen LogP contribution in [0.1, 0.15) is 70.8 Å². The van der Waals surface area contributed by atoms with Gasteiger partial charge in [-0.1, -0.05) is 25.9 Å². The number of guanidine groups is 1. The largest absolute Gasteiger partial charge is 0.359 e. The Balaban J connectivity index is 0.00000364. The SMILES string of the molecule is CCCN1CCC(CNC(=NCc2cc(C(CC)CC)no2)NCC)C1.I. The van der Waals surface area contributed by atoms with Gasteiger partial charge in [0, 0.05) is 31.6 Å². The molecule has 2 heterocycles. The van der Waals surface area contributed by atoms with E-state index in [1.54, 1.807) is 0 Å². The summed E-state index contributed by atoms with van der Waals surface area (Å²) < 4.78 is 5.48. The first-order chi connectivity index (χ1) is 12.7. The van der Waals surface area contributed by atoms with Gasteiger partial charge in [-0.25, -0.2) is 4.99 Å². The molecule has 0 radical (unpaired) electrons. The third kappa shape index (κ3) is 7.97. The normalized spacial score (nSPS) is 18.0. The van der Waals surface area contributed by atoms with Gasteiger partial charge >= 0.3 is 0 Å². The van der Waals surface area contributed by atoms with Gasteiger partial charge in [0.15, 0.2) is 11.7 Å². The van der Waals surface area contributed by atoms with Crippen LogP contribution in [0.3, 0.4) is 0 Å². The zero-order valence-corrected chi connectivity index (χ0v) is 19.8. The number of aromatic nitrogens is 1. The molecule has 27 heavy (non-hydrogen) atoms. The Labute approximate surface area is 181 Å². The van der Waals surface area contributed by atoms with Crippen molar-refractivity contribution in [2.75, 3.05) is 32.7 Å². The molecule has 0 saturated carbocycles. The van der Waals surface area contributed by atoms with Crippen molar-refractivity contribution >= 4 is 29.9 Å². The zero-order valence-electron chi connectivity index (χ0n) is 17.5. The topological polar surface area (TPSA) is 65.7 Å². The average Bonchev–Trinajstić information content (AvgIpc) is 3.29. The first kappa shape index (κ1) is 24.2. The second-order valence-corrected chi connectivity index (χ2v) is 7.26. The van der Waals surface area contributed by atoms with Crippen LogP contribution >= 0.6 is 24.0 Å². The van der Waals surface area contributed by atoms with E-state index in [-0.39, 0.29) is 24.0 Å². The number of nitrogens with zero attached hydrogens (tertiary/aromatic N) is 3.